The van der Waals surface area contributed by atoms with Gasteiger partial charge in [0.25, 0.3) is 5.56 Å². The minimum Gasteiger partial charge on any atom is -0.340 e. The van der Waals surface area contributed by atoms with Gasteiger partial charge in [-0.15, -0.1) is 11.3 Å². The van der Waals surface area contributed by atoms with E-state index in [-0.39, 0.29) is 18.0 Å². The molecule has 0 spiro atoms. The number of hydrogen-bond donors (Lipinski definition) is 0. The number of nitrogens with zero attached hydrogens (tertiary/aromatic N) is 3. The van der Waals surface area contributed by atoms with E-state index in [1.807, 2.05) is 30.3 Å². The van der Waals surface area contributed by atoms with Crippen molar-refractivity contribution in [2.75, 3.05) is 7.05 Å². The van der Waals surface area contributed by atoms with E-state index < -0.39 is 0 Å². The number of likely N-dealkylation sites (N-methyl/N-ethyl adjacent to an activating group) is 1. The predicted octanol–water partition coefficient (Wildman–Crippen LogP) is 3.24. The fraction of sp³-hybridized carbons (Fsp3) is 0.381. The highest BCUT2D eigenvalue weighted by atomic mass is 32.1. The van der Waals surface area contributed by atoms with Gasteiger partial charge in [-0.25, -0.2) is 4.98 Å². The second-order valence-corrected chi connectivity index (χ2v) is 8.53. The number of carbonyl (C=O) groups excluding carboxylic acids is 1. The van der Waals surface area contributed by atoms with Gasteiger partial charge in [0, 0.05) is 18.5 Å². The molecule has 140 valence electrons. The molecular formula is C21H23N3O2S. The number of aromatic nitrogens is 2. The second kappa shape index (κ2) is 7.27. The highest BCUT2D eigenvalue weighted by molar-refractivity contribution is 7.18. The van der Waals surface area contributed by atoms with Crippen LogP contribution in [0, 0.1) is 5.92 Å². The summed E-state index contributed by atoms with van der Waals surface area (Å²) in [5, 5.41) is 0.725. The maximum absolute atomic E-state index is 13.0. The van der Waals surface area contributed by atoms with Crippen LogP contribution >= 0.6 is 11.3 Å². The summed E-state index contributed by atoms with van der Waals surface area (Å²) < 4.78 is 1.46. The molecule has 5 nitrogen and oxygen atoms in total. The van der Waals surface area contributed by atoms with Crippen LogP contribution < -0.4 is 5.56 Å². The van der Waals surface area contributed by atoms with Crippen molar-refractivity contribution in [1.82, 2.24) is 14.5 Å². The molecule has 0 radical (unpaired) electrons. The average molecular weight is 382 g/mol. The molecule has 0 unspecified atom stereocenters. The summed E-state index contributed by atoms with van der Waals surface area (Å²) in [6.07, 6.45) is 4.57. The summed E-state index contributed by atoms with van der Waals surface area (Å²) in [7, 11) is 1.76. The third kappa shape index (κ3) is 3.54. The number of hydrogen-bond acceptors (Lipinski definition) is 4. The van der Waals surface area contributed by atoms with Crippen molar-refractivity contribution in [3.63, 3.8) is 0 Å². The zero-order chi connectivity index (χ0) is 19.0. The first-order valence-electron chi connectivity index (χ1n) is 9.30. The Bertz CT molecular complexity index is 1040. The Morgan fingerprint density at radius 2 is 2.11 bits per heavy atom. The van der Waals surface area contributed by atoms with Crippen molar-refractivity contribution in [2.45, 2.75) is 39.3 Å². The van der Waals surface area contributed by atoms with Crippen LogP contribution in [0.15, 0.2) is 41.5 Å². The SMILES string of the molecule is C[C@H]1CCc2c(sc3ncn(CC(=O)N(C)Cc4ccccc4)c(=O)c23)C1. The Kier molecular flexibility index (Phi) is 4.83. The fourth-order valence-electron chi connectivity index (χ4n) is 3.69. The first-order chi connectivity index (χ1) is 13.0. The van der Waals surface area contributed by atoms with Crippen LogP contribution in [0.2, 0.25) is 0 Å². The fourth-order valence-corrected chi connectivity index (χ4v) is 5.03. The molecule has 1 aliphatic rings. The first-order valence-corrected chi connectivity index (χ1v) is 10.1. The minimum absolute atomic E-state index is 0.0200. The summed E-state index contributed by atoms with van der Waals surface area (Å²) in [4.78, 5) is 33.9. The highest BCUT2D eigenvalue weighted by Crippen LogP contribution is 2.35. The lowest BCUT2D eigenvalue weighted by molar-refractivity contribution is -0.131. The monoisotopic (exact) mass is 381 g/mol. The van der Waals surface area contributed by atoms with Crippen LogP contribution in [-0.4, -0.2) is 27.4 Å². The van der Waals surface area contributed by atoms with E-state index in [0.717, 1.165) is 40.6 Å². The Morgan fingerprint density at radius 3 is 2.89 bits per heavy atom. The maximum atomic E-state index is 13.0. The number of amides is 1. The van der Waals surface area contributed by atoms with E-state index in [4.69, 9.17) is 0 Å². The largest absolute Gasteiger partial charge is 0.340 e. The van der Waals surface area contributed by atoms with E-state index >= 15 is 0 Å². The molecule has 6 heteroatoms. The van der Waals surface area contributed by atoms with Gasteiger partial charge in [0.1, 0.15) is 11.4 Å². The van der Waals surface area contributed by atoms with Gasteiger partial charge in [0.05, 0.1) is 11.7 Å². The average Bonchev–Trinajstić information content (AvgIpc) is 3.02. The molecule has 1 amide bonds. The lowest BCUT2D eigenvalue weighted by atomic mass is 9.89. The molecule has 1 aliphatic carbocycles. The van der Waals surface area contributed by atoms with Gasteiger partial charge in [-0.3, -0.25) is 14.2 Å². The number of benzene rings is 1. The van der Waals surface area contributed by atoms with Gasteiger partial charge in [-0.2, -0.15) is 0 Å². The van der Waals surface area contributed by atoms with Crippen LogP contribution in [0.3, 0.4) is 0 Å². The normalized spacial score (nSPS) is 16.3. The molecule has 27 heavy (non-hydrogen) atoms. The maximum Gasteiger partial charge on any atom is 0.262 e. The van der Waals surface area contributed by atoms with Crippen molar-refractivity contribution in [1.29, 1.82) is 0 Å². The lowest BCUT2D eigenvalue weighted by Gasteiger charge is -2.18. The molecule has 0 fully saturated rings. The van der Waals surface area contributed by atoms with Gasteiger partial charge in [-0.1, -0.05) is 37.3 Å². The minimum atomic E-state index is -0.0974. The van der Waals surface area contributed by atoms with Crippen LogP contribution in [0.5, 0.6) is 0 Å². The summed E-state index contributed by atoms with van der Waals surface area (Å²) in [5.41, 5.74) is 2.13. The Hall–Kier alpha value is -2.47. The molecule has 1 aromatic carbocycles. The molecule has 0 N–H and O–H groups in total. The molecule has 1 atom stereocenters. The van der Waals surface area contributed by atoms with Crippen LogP contribution in [0.4, 0.5) is 0 Å². The van der Waals surface area contributed by atoms with E-state index in [1.165, 1.54) is 15.8 Å². The standard InChI is InChI=1S/C21H23N3O2S/c1-14-8-9-16-17(10-14)27-20-19(16)21(26)24(13-22-20)12-18(25)23(2)11-15-6-4-3-5-7-15/h3-7,13-14H,8-12H2,1-2H3/t14-/m0/s1. The Labute approximate surface area is 162 Å². The van der Waals surface area contributed by atoms with Crippen LogP contribution in [-0.2, 0) is 30.7 Å². The van der Waals surface area contributed by atoms with Crippen LogP contribution in [0.1, 0.15) is 29.3 Å². The molecule has 0 saturated heterocycles. The van der Waals surface area contributed by atoms with Gasteiger partial charge in [-0.05, 0) is 36.3 Å². The first kappa shape index (κ1) is 17.9. The third-order valence-corrected chi connectivity index (χ3v) is 6.44. The summed E-state index contributed by atoms with van der Waals surface area (Å²) in [6, 6.07) is 9.84. The third-order valence-electron chi connectivity index (χ3n) is 5.28. The smallest absolute Gasteiger partial charge is 0.262 e. The van der Waals surface area contributed by atoms with Crippen LogP contribution in [0.25, 0.3) is 10.2 Å². The second-order valence-electron chi connectivity index (χ2n) is 7.44. The number of carbonyl (C=O) groups is 1. The number of aryl methyl sites for hydroxylation is 1. The zero-order valence-corrected chi connectivity index (χ0v) is 16.5. The number of fused-ring (bicyclic) bond motifs is 3. The van der Waals surface area contributed by atoms with Crippen molar-refractivity contribution in [2.24, 2.45) is 5.92 Å². The van der Waals surface area contributed by atoms with Crippen molar-refractivity contribution >= 4 is 27.5 Å². The quantitative estimate of drug-likeness (QED) is 0.697. The van der Waals surface area contributed by atoms with Gasteiger partial charge in [0.2, 0.25) is 5.91 Å². The molecule has 2 heterocycles. The Balaban J connectivity index is 1.58. The van der Waals surface area contributed by atoms with E-state index in [0.29, 0.717) is 12.5 Å². The topological polar surface area (TPSA) is 55.2 Å². The number of rotatable bonds is 4. The molecule has 2 aromatic heterocycles. The summed E-state index contributed by atoms with van der Waals surface area (Å²) >= 11 is 1.63. The number of thiophene rings is 1. The predicted molar refractivity (Wildman–Crippen MR) is 108 cm³/mol. The summed E-state index contributed by atoms with van der Waals surface area (Å²) in [6.45, 7) is 2.79. The van der Waals surface area contributed by atoms with Crippen molar-refractivity contribution in [3.05, 3.63) is 63.0 Å². The molecule has 0 aliphatic heterocycles. The van der Waals surface area contributed by atoms with Gasteiger partial charge in [0.15, 0.2) is 0 Å². The van der Waals surface area contributed by atoms with Crippen molar-refractivity contribution < 1.29 is 4.79 Å². The zero-order valence-electron chi connectivity index (χ0n) is 15.6. The highest BCUT2D eigenvalue weighted by Gasteiger charge is 2.23. The van der Waals surface area contributed by atoms with E-state index in [9.17, 15) is 9.59 Å². The molecule has 4 rings (SSSR count). The Morgan fingerprint density at radius 1 is 1.33 bits per heavy atom. The van der Waals surface area contributed by atoms with E-state index in [2.05, 4.69) is 11.9 Å². The summed E-state index contributed by atoms with van der Waals surface area (Å²) in [5.74, 6) is 0.556. The van der Waals surface area contributed by atoms with E-state index in [1.54, 1.807) is 23.3 Å². The van der Waals surface area contributed by atoms with Crippen molar-refractivity contribution in [3.8, 4) is 0 Å². The molecule has 0 saturated carbocycles. The van der Waals surface area contributed by atoms with Gasteiger partial charge < -0.3 is 4.90 Å². The van der Waals surface area contributed by atoms with Gasteiger partial charge >= 0.3 is 0 Å². The molecule has 3 aromatic rings. The molecule has 0 bridgehead atoms. The lowest BCUT2D eigenvalue weighted by Crippen LogP contribution is -2.33. The molecular weight excluding hydrogens is 358 g/mol.